The highest BCUT2D eigenvalue weighted by atomic mass is 35.5. The summed E-state index contributed by atoms with van der Waals surface area (Å²) in [5.74, 6) is 0.121. The van der Waals surface area contributed by atoms with Crippen LogP contribution in [0, 0.1) is 0 Å². The van der Waals surface area contributed by atoms with E-state index in [1.165, 1.54) is 19.2 Å². The van der Waals surface area contributed by atoms with E-state index in [9.17, 15) is 13.5 Å². The van der Waals surface area contributed by atoms with Crippen molar-refractivity contribution in [3.05, 3.63) is 22.7 Å². The van der Waals surface area contributed by atoms with Gasteiger partial charge in [0.15, 0.2) is 0 Å². The number of hydrogen-bond acceptors (Lipinski definition) is 4. The molecule has 1 rings (SSSR count). The maximum atomic E-state index is 12.4. The van der Waals surface area contributed by atoms with Gasteiger partial charge in [-0.3, -0.25) is 0 Å². The van der Waals surface area contributed by atoms with Crippen LogP contribution in [0.2, 0.25) is 5.02 Å². The lowest BCUT2D eigenvalue weighted by Gasteiger charge is -2.18. The van der Waals surface area contributed by atoms with E-state index < -0.39 is 10.0 Å². The summed E-state index contributed by atoms with van der Waals surface area (Å²) in [6, 6.07) is 2.65. The zero-order valence-corrected chi connectivity index (χ0v) is 13.4. The molecule has 1 aromatic rings. The fourth-order valence-electron chi connectivity index (χ4n) is 1.91. The van der Waals surface area contributed by atoms with Crippen molar-refractivity contribution in [1.82, 2.24) is 4.72 Å². The minimum atomic E-state index is -3.75. The molecule has 0 atom stereocenters. The molecule has 0 saturated carbocycles. The van der Waals surface area contributed by atoms with Crippen LogP contribution in [-0.4, -0.2) is 26.7 Å². The Labute approximate surface area is 125 Å². The lowest BCUT2D eigenvalue weighted by molar-refractivity contribution is 0.272. The summed E-state index contributed by atoms with van der Waals surface area (Å²) in [4.78, 5) is -0.0524. The number of ether oxygens (including phenoxy) is 1. The molecule has 20 heavy (non-hydrogen) atoms. The molecule has 7 heteroatoms. The van der Waals surface area contributed by atoms with Gasteiger partial charge >= 0.3 is 0 Å². The van der Waals surface area contributed by atoms with Crippen molar-refractivity contribution >= 4 is 21.6 Å². The Bertz CT molecular complexity index is 556. The van der Waals surface area contributed by atoms with Crippen LogP contribution < -0.4 is 9.46 Å². The highest BCUT2D eigenvalue weighted by molar-refractivity contribution is 7.89. The van der Waals surface area contributed by atoms with E-state index in [1.54, 1.807) is 0 Å². The summed E-state index contributed by atoms with van der Waals surface area (Å²) in [6.07, 6.45) is 1.37. The van der Waals surface area contributed by atoms with E-state index in [2.05, 4.69) is 4.72 Å². The van der Waals surface area contributed by atoms with Gasteiger partial charge in [0.2, 0.25) is 10.0 Å². The van der Waals surface area contributed by atoms with Crippen molar-refractivity contribution in [3.8, 4) is 5.75 Å². The number of hydrogen-bond donors (Lipinski definition) is 2. The quantitative estimate of drug-likeness (QED) is 0.808. The number of aliphatic hydroxyl groups is 1. The predicted octanol–water partition coefficient (Wildman–Crippen LogP) is 2.31. The SMILES string of the molecule is CCC(CC)NS(=O)(=O)c1cc(Cl)cc(CO)c1OC. The van der Waals surface area contributed by atoms with Gasteiger partial charge in [0, 0.05) is 16.6 Å². The zero-order chi connectivity index (χ0) is 15.3. The molecule has 0 amide bonds. The number of benzene rings is 1. The van der Waals surface area contributed by atoms with Crippen LogP contribution >= 0.6 is 11.6 Å². The van der Waals surface area contributed by atoms with Gasteiger partial charge in [0.05, 0.1) is 13.7 Å². The fraction of sp³-hybridized carbons (Fsp3) is 0.538. The van der Waals surface area contributed by atoms with Crippen LogP contribution in [-0.2, 0) is 16.6 Å². The molecule has 0 spiro atoms. The summed E-state index contributed by atoms with van der Waals surface area (Å²) in [5, 5.41) is 9.52. The molecular formula is C13H20ClNO4S. The zero-order valence-electron chi connectivity index (χ0n) is 11.8. The predicted molar refractivity (Wildman–Crippen MR) is 78.6 cm³/mol. The van der Waals surface area contributed by atoms with Crippen molar-refractivity contribution in [1.29, 1.82) is 0 Å². The molecule has 0 aliphatic carbocycles. The Morgan fingerprint density at radius 2 is 1.95 bits per heavy atom. The number of rotatable bonds is 7. The topological polar surface area (TPSA) is 75.6 Å². The number of halogens is 1. The molecule has 2 N–H and O–H groups in total. The second-order valence-corrected chi connectivity index (χ2v) is 6.51. The van der Waals surface area contributed by atoms with E-state index in [4.69, 9.17) is 16.3 Å². The average molecular weight is 322 g/mol. The van der Waals surface area contributed by atoms with Crippen molar-refractivity contribution in [2.75, 3.05) is 7.11 Å². The third-order valence-electron chi connectivity index (χ3n) is 3.07. The maximum Gasteiger partial charge on any atom is 0.244 e. The summed E-state index contributed by atoms with van der Waals surface area (Å²) < 4.78 is 32.6. The first-order valence-corrected chi connectivity index (χ1v) is 8.25. The van der Waals surface area contributed by atoms with Crippen LogP contribution in [0.3, 0.4) is 0 Å². The molecule has 0 radical (unpaired) electrons. The molecule has 114 valence electrons. The lowest BCUT2D eigenvalue weighted by Crippen LogP contribution is -2.34. The van der Waals surface area contributed by atoms with Gasteiger partial charge in [-0.25, -0.2) is 13.1 Å². The minimum Gasteiger partial charge on any atom is -0.495 e. The van der Waals surface area contributed by atoms with E-state index in [0.717, 1.165) is 0 Å². The third kappa shape index (κ3) is 3.85. The number of aliphatic hydroxyl groups excluding tert-OH is 1. The van der Waals surface area contributed by atoms with Gasteiger partial charge in [-0.05, 0) is 25.0 Å². The second-order valence-electron chi connectivity index (χ2n) is 4.39. The Hall–Kier alpha value is -0.820. The van der Waals surface area contributed by atoms with Crippen LogP contribution in [0.15, 0.2) is 17.0 Å². The lowest BCUT2D eigenvalue weighted by atomic mass is 10.2. The first kappa shape index (κ1) is 17.2. The first-order valence-electron chi connectivity index (χ1n) is 6.39. The molecule has 0 aliphatic heterocycles. The maximum absolute atomic E-state index is 12.4. The molecule has 0 aliphatic rings. The van der Waals surface area contributed by atoms with E-state index >= 15 is 0 Å². The van der Waals surface area contributed by atoms with E-state index in [0.29, 0.717) is 18.4 Å². The first-order chi connectivity index (χ1) is 9.39. The molecule has 0 saturated heterocycles. The van der Waals surface area contributed by atoms with Gasteiger partial charge in [0.25, 0.3) is 0 Å². The second kappa shape index (κ2) is 7.26. The Balaban J connectivity index is 3.33. The summed E-state index contributed by atoms with van der Waals surface area (Å²) in [6.45, 7) is 3.47. The van der Waals surface area contributed by atoms with Crippen molar-refractivity contribution < 1.29 is 18.3 Å². The summed E-state index contributed by atoms with van der Waals surface area (Å²) >= 11 is 5.91. The number of nitrogens with one attached hydrogen (secondary N) is 1. The molecule has 5 nitrogen and oxygen atoms in total. The highest BCUT2D eigenvalue weighted by Gasteiger charge is 2.24. The Morgan fingerprint density at radius 3 is 2.40 bits per heavy atom. The van der Waals surface area contributed by atoms with Gasteiger partial charge in [-0.1, -0.05) is 25.4 Å². The van der Waals surface area contributed by atoms with Crippen LogP contribution in [0.5, 0.6) is 5.75 Å². The van der Waals surface area contributed by atoms with Crippen molar-refractivity contribution in [2.24, 2.45) is 0 Å². The minimum absolute atomic E-state index is 0.0524. The molecule has 0 bridgehead atoms. The van der Waals surface area contributed by atoms with Gasteiger partial charge < -0.3 is 9.84 Å². The monoisotopic (exact) mass is 321 g/mol. The van der Waals surface area contributed by atoms with Gasteiger partial charge in [-0.2, -0.15) is 0 Å². The normalized spacial score (nSPS) is 11.9. The van der Waals surface area contributed by atoms with Crippen LogP contribution in [0.1, 0.15) is 32.3 Å². The Kier molecular flexibility index (Phi) is 6.26. The number of methoxy groups -OCH3 is 1. The molecular weight excluding hydrogens is 302 g/mol. The van der Waals surface area contributed by atoms with E-state index in [1.807, 2.05) is 13.8 Å². The van der Waals surface area contributed by atoms with E-state index in [-0.39, 0.29) is 28.3 Å². The number of sulfonamides is 1. The van der Waals surface area contributed by atoms with Crippen molar-refractivity contribution in [3.63, 3.8) is 0 Å². The smallest absolute Gasteiger partial charge is 0.244 e. The highest BCUT2D eigenvalue weighted by Crippen LogP contribution is 2.32. The standard InChI is InChI=1S/C13H20ClNO4S/c1-4-11(5-2)15-20(17,18)12-7-10(14)6-9(8-16)13(12)19-3/h6-7,11,15-16H,4-5,8H2,1-3H3. The largest absolute Gasteiger partial charge is 0.495 e. The summed E-state index contributed by atoms with van der Waals surface area (Å²) in [7, 11) is -2.39. The average Bonchev–Trinajstić information content (AvgIpc) is 2.43. The molecule has 0 unspecified atom stereocenters. The van der Waals surface area contributed by atoms with Crippen molar-refractivity contribution in [2.45, 2.75) is 44.2 Å². The molecule has 0 aromatic heterocycles. The Morgan fingerprint density at radius 1 is 1.35 bits per heavy atom. The van der Waals surface area contributed by atoms with Crippen LogP contribution in [0.4, 0.5) is 0 Å². The van der Waals surface area contributed by atoms with Gasteiger partial charge in [0.1, 0.15) is 10.6 Å². The van der Waals surface area contributed by atoms with Crippen LogP contribution in [0.25, 0.3) is 0 Å². The third-order valence-corrected chi connectivity index (χ3v) is 4.81. The fourth-order valence-corrected chi connectivity index (χ4v) is 3.85. The molecule has 0 heterocycles. The molecule has 1 aromatic carbocycles. The molecule has 0 fully saturated rings. The van der Waals surface area contributed by atoms with Gasteiger partial charge in [-0.15, -0.1) is 0 Å². The summed E-state index contributed by atoms with van der Waals surface area (Å²) in [5.41, 5.74) is 0.338.